The minimum Gasteiger partial charge on any atom is -0.103 e. The van der Waals surface area contributed by atoms with Gasteiger partial charge in [0.15, 0.2) is 0 Å². The first-order chi connectivity index (χ1) is 19.3. The van der Waals surface area contributed by atoms with Crippen molar-refractivity contribution in [2.75, 3.05) is 0 Å². The molecule has 0 aromatic heterocycles. The summed E-state index contributed by atoms with van der Waals surface area (Å²) in [6.45, 7) is 34.4. The highest BCUT2D eigenvalue weighted by Crippen LogP contribution is 2.70. The minimum absolute atomic E-state index is 0.0251. The summed E-state index contributed by atoms with van der Waals surface area (Å²) in [7, 11) is 0. The summed E-state index contributed by atoms with van der Waals surface area (Å²) in [4.78, 5) is 0. The van der Waals surface area contributed by atoms with E-state index in [-0.39, 0.29) is 16.2 Å². The smallest absolute Gasteiger partial charge is 0.0194 e. The van der Waals surface area contributed by atoms with Crippen molar-refractivity contribution in [2.24, 2.45) is 16.2 Å². The standard InChI is InChI=1S/C41H50/c1-12-13-14-15-16-32-18-20-33(21-19-32)34-22-17-27(4)37-29(6)38-31(8)41(11)30(7)36(26(2)3)28(5)23-40(41,10)25-39(38,9)24-35(34)37/h12,17-22H,1-2,6-7,13-16,23-25H2,3-5,8-11H3/t39-,40+,41-/m1/s1. The van der Waals surface area contributed by atoms with Crippen LogP contribution in [-0.2, 0) is 12.8 Å². The molecule has 0 bridgehead atoms. The molecule has 214 valence electrons. The van der Waals surface area contributed by atoms with E-state index in [2.05, 4.69) is 98.0 Å². The van der Waals surface area contributed by atoms with Crippen LogP contribution in [0.25, 0.3) is 16.7 Å². The highest BCUT2D eigenvalue weighted by Gasteiger charge is 2.59. The van der Waals surface area contributed by atoms with Crippen molar-refractivity contribution in [1.29, 1.82) is 0 Å². The van der Waals surface area contributed by atoms with Gasteiger partial charge < -0.3 is 0 Å². The van der Waals surface area contributed by atoms with Crippen LogP contribution < -0.4 is 0 Å². The predicted molar refractivity (Wildman–Crippen MR) is 180 cm³/mol. The van der Waals surface area contributed by atoms with E-state index in [0.29, 0.717) is 0 Å². The molecule has 0 saturated carbocycles. The second-order valence-electron chi connectivity index (χ2n) is 14.2. The molecule has 0 unspecified atom stereocenters. The lowest BCUT2D eigenvalue weighted by molar-refractivity contribution is 0.0544. The summed E-state index contributed by atoms with van der Waals surface area (Å²) in [5.41, 5.74) is 17.6. The van der Waals surface area contributed by atoms with Gasteiger partial charge in [0.25, 0.3) is 0 Å². The molecule has 0 radical (unpaired) electrons. The highest BCUT2D eigenvalue weighted by molar-refractivity contribution is 5.90. The molecular formula is C41H50. The Kier molecular flexibility index (Phi) is 7.38. The van der Waals surface area contributed by atoms with E-state index < -0.39 is 0 Å². The van der Waals surface area contributed by atoms with Gasteiger partial charge in [0.1, 0.15) is 0 Å². The molecular weight excluding hydrogens is 492 g/mol. The molecule has 5 rings (SSSR count). The van der Waals surface area contributed by atoms with Gasteiger partial charge >= 0.3 is 0 Å². The average Bonchev–Trinajstić information content (AvgIpc) is 2.89. The summed E-state index contributed by atoms with van der Waals surface area (Å²) in [5, 5.41) is 0. The average molecular weight is 543 g/mol. The van der Waals surface area contributed by atoms with Crippen LogP contribution in [0.5, 0.6) is 0 Å². The fourth-order valence-corrected chi connectivity index (χ4v) is 9.28. The van der Waals surface area contributed by atoms with Gasteiger partial charge in [0, 0.05) is 5.41 Å². The topological polar surface area (TPSA) is 0 Å². The second kappa shape index (κ2) is 10.3. The largest absolute Gasteiger partial charge is 0.103 e. The van der Waals surface area contributed by atoms with Crippen LogP contribution in [0.4, 0.5) is 0 Å². The minimum atomic E-state index is -0.122. The number of fused-ring (bicyclic) bond motifs is 3. The van der Waals surface area contributed by atoms with Crippen molar-refractivity contribution in [3.8, 4) is 11.1 Å². The molecule has 3 aliphatic carbocycles. The molecule has 2 aromatic rings. The third-order valence-corrected chi connectivity index (χ3v) is 11.2. The third kappa shape index (κ3) is 4.41. The van der Waals surface area contributed by atoms with Gasteiger partial charge in [-0.05, 0) is 139 Å². The van der Waals surface area contributed by atoms with Crippen LogP contribution in [0.1, 0.15) is 95.9 Å². The maximum absolute atomic E-state index is 4.86. The zero-order valence-corrected chi connectivity index (χ0v) is 26.8. The number of benzene rings is 2. The Labute approximate surface area is 250 Å². The first kappa shape index (κ1) is 29.4. The molecule has 41 heavy (non-hydrogen) atoms. The van der Waals surface area contributed by atoms with Gasteiger partial charge in [-0.25, -0.2) is 0 Å². The SMILES string of the molecule is C=CCCCCc1ccc(-c2ccc(C)c3c2C[C@]2(C)C[C@]4(C)CC(C)=C(C(=C)C)C(=C)[C@]4(C)C(C)=C2C3=C)cc1. The monoisotopic (exact) mass is 542 g/mol. The van der Waals surface area contributed by atoms with E-state index in [1.165, 1.54) is 79.7 Å². The fourth-order valence-electron chi connectivity index (χ4n) is 9.28. The molecule has 3 atom stereocenters. The molecule has 0 spiro atoms. The lowest BCUT2D eigenvalue weighted by Crippen LogP contribution is -2.52. The molecule has 0 fully saturated rings. The Morgan fingerprint density at radius 2 is 1.61 bits per heavy atom. The van der Waals surface area contributed by atoms with E-state index in [9.17, 15) is 0 Å². The fraction of sp³-hybridized carbons (Fsp3) is 0.415. The van der Waals surface area contributed by atoms with Crippen LogP contribution in [0, 0.1) is 23.2 Å². The number of unbranched alkanes of at least 4 members (excludes halogenated alkanes) is 2. The van der Waals surface area contributed by atoms with Crippen molar-refractivity contribution in [1.82, 2.24) is 0 Å². The molecule has 0 nitrogen and oxygen atoms in total. The van der Waals surface area contributed by atoms with Crippen LogP contribution in [0.3, 0.4) is 0 Å². The lowest BCUT2D eigenvalue weighted by Gasteiger charge is -2.62. The Hall–Kier alpha value is -3.12. The Bertz CT molecular complexity index is 1530. The molecule has 0 N–H and O–H groups in total. The molecule has 0 heterocycles. The van der Waals surface area contributed by atoms with E-state index in [1.54, 1.807) is 0 Å². The molecule has 0 amide bonds. The Balaban J connectivity index is 1.61. The normalized spacial score (nSPS) is 27.4. The number of allylic oxidation sites excluding steroid dienone is 8. The summed E-state index contributed by atoms with van der Waals surface area (Å²) < 4.78 is 0. The number of aryl methyl sites for hydroxylation is 2. The van der Waals surface area contributed by atoms with Crippen molar-refractivity contribution in [3.05, 3.63) is 124 Å². The van der Waals surface area contributed by atoms with E-state index >= 15 is 0 Å². The van der Waals surface area contributed by atoms with Gasteiger partial charge in [0.2, 0.25) is 0 Å². The van der Waals surface area contributed by atoms with Gasteiger partial charge in [0.05, 0.1) is 0 Å². The zero-order chi connectivity index (χ0) is 29.9. The van der Waals surface area contributed by atoms with Gasteiger partial charge in [-0.15, -0.1) is 6.58 Å². The Morgan fingerprint density at radius 1 is 0.927 bits per heavy atom. The van der Waals surface area contributed by atoms with Crippen LogP contribution in [-0.4, -0.2) is 0 Å². The molecule has 0 aliphatic heterocycles. The first-order valence-corrected chi connectivity index (χ1v) is 15.6. The van der Waals surface area contributed by atoms with Gasteiger partial charge in [-0.3, -0.25) is 0 Å². The second-order valence-corrected chi connectivity index (χ2v) is 14.2. The lowest BCUT2D eigenvalue weighted by atomic mass is 9.41. The number of hydrogen-bond acceptors (Lipinski definition) is 0. The number of rotatable bonds is 7. The van der Waals surface area contributed by atoms with E-state index in [4.69, 9.17) is 13.2 Å². The van der Waals surface area contributed by atoms with E-state index in [1.807, 2.05) is 6.08 Å². The molecule has 0 heteroatoms. The maximum Gasteiger partial charge on any atom is 0.0194 e. The molecule has 3 aliphatic rings. The van der Waals surface area contributed by atoms with E-state index in [0.717, 1.165) is 37.7 Å². The third-order valence-electron chi connectivity index (χ3n) is 11.2. The summed E-state index contributed by atoms with van der Waals surface area (Å²) in [6.07, 6.45) is 9.93. The zero-order valence-electron chi connectivity index (χ0n) is 26.8. The van der Waals surface area contributed by atoms with Crippen molar-refractivity contribution in [3.63, 3.8) is 0 Å². The summed E-state index contributed by atoms with van der Waals surface area (Å²) >= 11 is 0. The van der Waals surface area contributed by atoms with Crippen molar-refractivity contribution < 1.29 is 0 Å². The Morgan fingerprint density at radius 3 is 2.24 bits per heavy atom. The quantitative estimate of drug-likeness (QED) is 0.241. The predicted octanol–water partition coefficient (Wildman–Crippen LogP) is 11.7. The summed E-state index contributed by atoms with van der Waals surface area (Å²) in [5.74, 6) is 0. The van der Waals surface area contributed by atoms with Gasteiger partial charge in [-0.2, -0.15) is 0 Å². The molecule has 2 aromatic carbocycles. The van der Waals surface area contributed by atoms with Gasteiger partial charge in [-0.1, -0.05) is 99.7 Å². The van der Waals surface area contributed by atoms with Crippen LogP contribution in [0.2, 0.25) is 0 Å². The number of hydrogen-bond donors (Lipinski definition) is 0. The van der Waals surface area contributed by atoms with Crippen LogP contribution in [0.15, 0.2) is 102 Å². The molecule has 0 saturated heterocycles. The maximum atomic E-state index is 4.86. The first-order valence-electron chi connectivity index (χ1n) is 15.6. The van der Waals surface area contributed by atoms with Crippen molar-refractivity contribution >= 4 is 5.57 Å². The highest BCUT2D eigenvalue weighted by atomic mass is 14.6. The summed E-state index contributed by atoms with van der Waals surface area (Å²) in [6, 6.07) is 14.0. The van der Waals surface area contributed by atoms with Crippen LogP contribution >= 0.6 is 0 Å². The van der Waals surface area contributed by atoms with Crippen molar-refractivity contribution in [2.45, 2.75) is 93.4 Å².